The molecular formula is C45H46IrN2-2. The van der Waals surface area contributed by atoms with Gasteiger partial charge in [0.05, 0.1) is 0 Å². The number of pyridine rings is 2. The Balaban J connectivity index is 0.000000193. The van der Waals surface area contributed by atoms with E-state index in [2.05, 4.69) is 171 Å². The van der Waals surface area contributed by atoms with E-state index in [1.165, 1.54) is 55.3 Å². The van der Waals surface area contributed by atoms with Gasteiger partial charge < -0.3 is 9.97 Å². The van der Waals surface area contributed by atoms with E-state index in [4.69, 9.17) is 4.98 Å². The van der Waals surface area contributed by atoms with Gasteiger partial charge in [-0.1, -0.05) is 118 Å². The molecule has 0 saturated carbocycles. The molecule has 0 N–H and O–H groups in total. The average Bonchev–Trinajstić information content (AvgIpc) is 3.29. The minimum absolute atomic E-state index is 0. The molecule has 1 radical (unpaired) electrons. The molecule has 0 unspecified atom stereocenters. The van der Waals surface area contributed by atoms with Crippen molar-refractivity contribution in [2.45, 2.75) is 85.5 Å². The third-order valence-electron chi connectivity index (χ3n) is 9.71. The monoisotopic (exact) mass is 807 g/mol. The number of fused-ring (bicyclic) bond motifs is 5. The van der Waals surface area contributed by atoms with E-state index in [9.17, 15) is 0 Å². The van der Waals surface area contributed by atoms with E-state index in [1.807, 2.05) is 12.4 Å². The second-order valence-corrected chi connectivity index (χ2v) is 15.6. The fourth-order valence-corrected chi connectivity index (χ4v) is 6.58. The first-order valence-electron chi connectivity index (χ1n) is 16.7. The maximum Gasteiger partial charge on any atom is 0.0198 e. The van der Waals surface area contributed by atoms with Gasteiger partial charge in [-0.05, 0) is 66.9 Å². The molecule has 0 saturated heterocycles. The molecule has 2 heterocycles. The number of nitrogens with zero attached hydrogens (tertiary/aromatic N) is 2. The van der Waals surface area contributed by atoms with Crippen molar-refractivity contribution in [3.8, 4) is 33.6 Å². The number of rotatable bonds is 2. The first-order chi connectivity index (χ1) is 22.2. The van der Waals surface area contributed by atoms with Crippen LogP contribution in [-0.4, -0.2) is 9.97 Å². The fourth-order valence-electron chi connectivity index (χ4n) is 6.58. The second-order valence-electron chi connectivity index (χ2n) is 15.6. The van der Waals surface area contributed by atoms with Gasteiger partial charge in [-0.2, -0.15) is 0 Å². The van der Waals surface area contributed by atoms with E-state index >= 15 is 0 Å². The zero-order valence-corrected chi connectivity index (χ0v) is 32.4. The van der Waals surface area contributed by atoms with Crippen LogP contribution in [0.25, 0.3) is 44.4 Å². The van der Waals surface area contributed by atoms with Gasteiger partial charge in [0, 0.05) is 37.9 Å². The van der Waals surface area contributed by atoms with Crippen LogP contribution in [0.4, 0.5) is 0 Å². The summed E-state index contributed by atoms with van der Waals surface area (Å²) in [4.78, 5) is 9.39. The average molecular weight is 807 g/mol. The fraction of sp³-hybridized carbons (Fsp3) is 0.289. The van der Waals surface area contributed by atoms with Crippen LogP contribution in [0.5, 0.6) is 0 Å². The van der Waals surface area contributed by atoms with E-state index in [0.29, 0.717) is 0 Å². The summed E-state index contributed by atoms with van der Waals surface area (Å²) in [5.74, 6) is 0. The predicted molar refractivity (Wildman–Crippen MR) is 199 cm³/mol. The molecule has 1 aliphatic carbocycles. The second kappa shape index (κ2) is 13.2. The molecule has 48 heavy (non-hydrogen) atoms. The van der Waals surface area contributed by atoms with Gasteiger partial charge in [0.15, 0.2) is 0 Å². The summed E-state index contributed by atoms with van der Waals surface area (Å²) in [7, 11) is 0. The Labute approximate surface area is 301 Å². The van der Waals surface area contributed by atoms with E-state index < -0.39 is 0 Å². The molecule has 0 aliphatic heterocycles. The molecule has 6 aromatic rings. The molecule has 0 bridgehead atoms. The number of aromatic nitrogens is 2. The van der Waals surface area contributed by atoms with E-state index in [-0.39, 0.29) is 36.4 Å². The number of benzene rings is 4. The molecular weight excluding hydrogens is 761 g/mol. The van der Waals surface area contributed by atoms with Crippen LogP contribution in [0.1, 0.15) is 88.8 Å². The Morgan fingerprint density at radius 1 is 0.667 bits per heavy atom. The molecule has 3 heteroatoms. The molecule has 2 aromatic heterocycles. The number of hydrogen-bond acceptors (Lipinski definition) is 2. The smallest absolute Gasteiger partial charge is 0.0198 e. The summed E-state index contributed by atoms with van der Waals surface area (Å²) >= 11 is 0. The van der Waals surface area contributed by atoms with Crippen LogP contribution in [0, 0.1) is 26.0 Å². The normalized spacial score (nSPS) is 13.2. The van der Waals surface area contributed by atoms with Crippen LogP contribution in [0.15, 0.2) is 97.3 Å². The molecule has 7 rings (SSSR count). The van der Waals surface area contributed by atoms with Crippen LogP contribution in [0.2, 0.25) is 0 Å². The third-order valence-corrected chi connectivity index (χ3v) is 9.71. The summed E-state index contributed by atoms with van der Waals surface area (Å²) in [5, 5.41) is 2.61. The number of hydrogen-bond donors (Lipinski definition) is 0. The summed E-state index contributed by atoms with van der Waals surface area (Å²) in [5.41, 5.74) is 14.9. The van der Waals surface area contributed by atoms with Gasteiger partial charge in [-0.25, -0.2) is 0 Å². The topological polar surface area (TPSA) is 25.8 Å². The van der Waals surface area contributed by atoms with Crippen molar-refractivity contribution in [2.24, 2.45) is 0 Å². The van der Waals surface area contributed by atoms with Gasteiger partial charge in [-0.3, -0.25) is 0 Å². The minimum Gasteiger partial charge on any atom is -0.304 e. The first-order valence-corrected chi connectivity index (χ1v) is 16.7. The van der Waals surface area contributed by atoms with E-state index in [1.54, 1.807) is 0 Å². The predicted octanol–water partition coefficient (Wildman–Crippen LogP) is 11.8. The Kier molecular flexibility index (Phi) is 9.72. The molecule has 247 valence electrons. The Bertz CT molecular complexity index is 2020. The minimum atomic E-state index is -0.0923. The van der Waals surface area contributed by atoms with Gasteiger partial charge in [0.2, 0.25) is 0 Å². The van der Waals surface area contributed by atoms with Gasteiger partial charge in [-0.15, -0.1) is 70.3 Å². The molecule has 2 nitrogen and oxygen atoms in total. The maximum atomic E-state index is 4.82. The van der Waals surface area contributed by atoms with Crippen LogP contribution in [0.3, 0.4) is 0 Å². The Morgan fingerprint density at radius 3 is 1.98 bits per heavy atom. The van der Waals surface area contributed by atoms with Gasteiger partial charge in [0.1, 0.15) is 0 Å². The van der Waals surface area contributed by atoms with Crippen LogP contribution in [-0.2, 0) is 36.4 Å². The molecule has 0 fully saturated rings. The first kappa shape index (κ1) is 35.4. The van der Waals surface area contributed by atoms with Crippen molar-refractivity contribution in [1.29, 1.82) is 0 Å². The van der Waals surface area contributed by atoms with E-state index in [0.717, 1.165) is 22.5 Å². The van der Waals surface area contributed by atoms with Crippen molar-refractivity contribution in [2.75, 3.05) is 0 Å². The zero-order chi connectivity index (χ0) is 33.7. The number of aryl methyl sites for hydroxylation is 2. The summed E-state index contributed by atoms with van der Waals surface area (Å²) in [6.45, 7) is 22.2. The standard InChI is InChI=1S/C26H22N.C19H24N.Ir/c1-16-9-10-19(15-17(16)2)25-24-21(13-14-27-25)23-20-8-6-5-7-18(20)11-12-22(23)26(24,3)4;1-18(2,3)15-9-7-14(8-10-15)17-12-11-16(13-20-17)19(4,5)6;/h5-9,11-15H,1-4H3;7,9-13H,1-6H3;/q2*-1;. The SMILES string of the molecule is CC(C)(C)c1c[c-]c(-c2ccc(C(C)(C)C)cn2)cc1.Cc1c[c-]c(-c2nccc3c2C(C)(C)c2ccc4ccccc4c2-3)cc1C.[Ir]. The van der Waals surface area contributed by atoms with Crippen molar-refractivity contribution in [1.82, 2.24) is 9.97 Å². The molecule has 4 aromatic carbocycles. The van der Waals surface area contributed by atoms with Gasteiger partial charge >= 0.3 is 0 Å². The zero-order valence-electron chi connectivity index (χ0n) is 30.0. The molecule has 0 atom stereocenters. The van der Waals surface area contributed by atoms with Crippen molar-refractivity contribution in [3.63, 3.8) is 0 Å². The Morgan fingerprint density at radius 2 is 1.35 bits per heavy atom. The summed E-state index contributed by atoms with van der Waals surface area (Å²) < 4.78 is 0. The quantitative estimate of drug-likeness (QED) is 0.163. The Hall–Kier alpha value is -3.91. The summed E-state index contributed by atoms with van der Waals surface area (Å²) in [6.07, 6.45) is 3.92. The van der Waals surface area contributed by atoms with Crippen LogP contribution >= 0.6 is 0 Å². The largest absolute Gasteiger partial charge is 0.304 e. The molecule has 1 aliphatic rings. The van der Waals surface area contributed by atoms with Crippen molar-refractivity contribution in [3.05, 3.63) is 143 Å². The third kappa shape index (κ3) is 6.69. The molecule has 0 spiro atoms. The van der Waals surface area contributed by atoms with Crippen molar-refractivity contribution < 1.29 is 20.1 Å². The van der Waals surface area contributed by atoms with Crippen LogP contribution < -0.4 is 0 Å². The molecule has 0 amide bonds. The van der Waals surface area contributed by atoms with Crippen molar-refractivity contribution >= 4 is 10.8 Å². The maximum absolute atomic E-state index is 4.82. The summed E-state index contributed by atoms with van der Waals surface area (Å²) in [6, 6.07) is 37.1. The van der Waals surface area contributed by atoms with Gasteiger partial charge in [0.25, 0.3) is 0 Å².